The van der Waals surface area contributed by atoms with E-state index in [1.54, 1.807) is 6.20 Å². The van der Waals surface area contributed by atoms with Crippen LogP contribution in [0.4, 0.5) is 10.5 Å². The molecule has 3 aromatic rings. The van der Waals surface area contributed by atoms with Gasteiger partial charge in [-0.3, -0.25) is 10.2 Å². The Morgan fingerprint density at radius 1 is 1.00 bits per heavy atom. The largest absolute Gasteiger partial charge is 0.375 e. The first kappa shape index (κ1) is 19.3. The second kappa shape index (κ2) is 8.94. The number of rotatable bonds is 6. The number of hydrazine groups is 1. The van der Waals surface area contributed by atoms with E-state index in [-0.39, 0.29) is 5.91 Å². The third-order valence-electron chi connectivity index (χ3n) is 4.58. The normalized spacial score (nSPS) is 10.5. The number of amides is 3. The average Bonchev–Trinajstić information content (AvgIpc) is 3.07. The SMILES string of the molecule is CN(CCCNC(=O)NNC(=O)c1cn(C)c2ccccc12)c1ccccc1. The molecule has 1 heterocycles. The highest BCUT2D eigenvalue weighted by Gasteiger charge is 2.14. The van der Waals surface area contributed by atoms with Crippen LogP contribution in [0.5, 0.6) is 0 Å². The van der Waals surface area contributed by atoms with Crippen LogP contribution in [0.15, 0.2) is 60.8 Å². The summed E-state index contributed by atoms with van der Waals surface area (Å²) in [7, 11) is 3.89. The van der Waals surface area contributed by atoms with Crippen molar-refractivity contribution in [2.75, 3.05) is 25.0 Å². The molecular weight excluding hydrogens is 354 g/mol. The number of aromatic nitrogens is 1. The van der Waals surface area contributed by atoms with Gasteiger partial charge in [-0.05, 0) is 24.6 Å². The van der Waals surface area contributed by atoms with E-state index in [0.717, 1.165) is 29.6 Å². The molecule has 1 aromatic heterocycles. The molecule has 0 radical (unpaired) electrons. The lowest BCUT2D eigenvalue weighted by atomic mass is 10.2. The van der Waals surface area contributed by atoms with Gasteiger partial charge in [0, 0.05) is 50.0 Å². The van der Waals surface area contributed by atoms with Gasteiger partial charge in [-0.15, -0.1) is 0 Å². The van der Waals surface area contributed by atoms with Crippen LogP contribution in [-0.2, 0) is 7.05 Å². The summed E-state index contributed by atoms with van der Waals surface area (Å²) >= 11 is 0. The van der Waals surface area contributed by atoms with Crippen LogP contribution in [0.25, 0.3) is 10.9 Å². The predicted octanol–water partition coefficient (Wildman–Crippen LogP) is 2.65. The van der Waals surface area contributed by atoms with Crippen LogP contribution < -0.4 is 21.1 Å². The standard InChI is InChI=1S/C21H25N5O2/c1-25(16-9-4-3-5-10-16)14-8-13-22-21(28)24-23-20(27)18-15-26(2)19-12-7-6-11-17(18)19/h3-7,9-12,15H,8,13-14H2,1-2H3,(H,23,27)(H2,22,24,28). The average molecular weight is 379 g/mol. The highest BCUT2D eigenvalue weighted by atomic mass is 16.2. The van der Waals surface area contributed by atoms with Gasteiger partial charge in [-0.2, -0.15) is 0 Å². The van der Waals surface area contributed by atoms with Gasteiger partial charge in [-0.25, -0.2) is 10.2 Å². The number of carbonyl (C=O) groups excluding carboxylic acids is 2. The number of carbonyl (C=O) groups is 2. The summed E-state index contributed by atoms with van der Waals surface area (Å²) in [4.78, 5) is 26.4. The molecule has 28 heavy (non-hydrogen) atoms. The van der Waals surface area contributed by atoms with Crippen LogP contribution >= 0.6 is 0 Å². The number of aryl methyl sites for hydroxylation is 1. The Balaban J connectivity index is 1.41. The van der Waals surface area contributed by atoms with Crippen LogP contribution in [0, 0.1) is 0 Å². The van der Waals surface area contributed by atoms with Crippen molar-refractivity contribution in [3.63, 3.8) is 0 Å². The molecule has 0 spiro atoms. The Hall–Kier alpha value is -3.48. The Morgan fingerprint density at radius 3 is 2.50 bits per heavy atom. The Morgan fingerprint density at radius 2 is 1.71 bits per heavy atom. The van der Waals surface area contributed by atoms with Gasteiger partial charge in [0.25, 0.3) is 5.91 Å². The Bertz CT molecular complexity index is 952. The first-order valence-electron chi connectivity index (χ1n) is 9.20. The number of hydrogen-bond donors (Lipinski definition) is 3. The van der Waals surface area contributed by atoms with Gasteiger partial charge < -0.3 is 14.8 Å². The van der Waals surface area contributed by atoms with Crippen LogP contribution in [0.3, 0.4) is 0 Å². The molecule has 0 saturated carbocycles. The minimum absolute atomic E-state index is 0.351. The van der Waals surface area contributed by atoms with Crippen LogP contribution in [0.2, 0.25) is 0 Å². The number of nitrogens with zero attached hydrogens (tertiary/aromatic N) is 2. The number of fused-ring (bicyclic) bond motifs is 1. The molecule has 3 amide bonds. The smallest absolute Gasteiger partial charge is 0.333 e. The van der Waals surface area contributed by atoms with Crippen molar-refractivity contribution >= 4 is 28.5 Å². The minimum atomic E-state index is -0.434. The molecule has 0 atom stereocenters. The molecule has 146 valence electrons. The lowest BCUT2D eigenvalue weighted by Crippen LogP contribution is -2.47. The van der Waals surface area contributed by atoms with Gasteiger partial charge in [0.15, 0.2) is 0 Å². The van der Waals surface area contributed by atoms with Gasteiger partial charge >= 0.3 is 6.03 Å². The van der Waals surface area contributed by atoms with Crippen molar-refractivity contribution in [1.29, 1.82) is 0 Å². The van der Waals surface area contributed by atoms with Crippen LogP contribution in [0.1, 0.15) is 16.8 Å². The molecule has 0 unspecified atom stereocenters. The summed E-state index contributed by atoms with van der Waals surface area (Å²) in [6, 6.07) is 17.3. The van der Waals surface area contributed by atoms with Crippen molar-refractivity contribution in [3.05, 3.63) is 66.4 Å². The molecule has 2 aromatic carbocycles. The number of urea groups is 1. The van der Waals surface area contributed by atoms with Crippen molar-refractivity contribution in [3.8, 4) is 0 Å². The Kier molecular flexibility index (Phi) is 6.16. The molecule has 0 aliphatic rings. The summed E-state index contributed by atoms with van der Waals surface area (Å²) in [5, 5.41) is 3.58. The van der Waals surface area contributed by atoms with Crippen molar-refractivity contribution < 1.29 is 9.59 Å². The lowest BCUT2D eigenvalue weighted by molar-refractivity contribution is 0.0937. The van der Waals surface area contributed by atoms with E-state index in [4.69, 9.17) is 0 Å². The van der Waals surface area contributed by atoms with E-state index in [9.17, 15) is 9.59 Å². The van der Waals surface area contributed by atoms with Gasteiger partial charge in [0.2, 0.25) is 0 Å². The summed E-state index contributed by atoms with van der Waals surface area (Å²) in [5.41, 5.74) is 7.47. The fourth-order valence-corrected chi connectivity index (χ4v) is 3.08. The number of anilines is 1. The minimum Gasteiger partial charge on any atom is -0.375 e. The fraction of sp³-hybridized carbons (Fsp3) is 0.238. The maximum Gasteiger partial charge on any atom is 0.333 e. The topological polar surface area (TPSA) is 78.4 Å². The van der Waals surface area contributed by atoms with E-state index in [1.807, 2.05) is 73.3 Å². The predicted molar refractivity (Wildman–Crippen MR) is 111 cm³/mol. The first-order valence-corrected chi connectivity index (χ1v) is 9.20. The number of hydrogen-bond acceptors (Lipinski definition) is 3. The molecule has 0 bridgehead atoms. The van der Waals surface area contributed by atoms with Gasteiger partial charge in [-0.1, -0.05) is 36.4 Å². The maximum absolute atomic E-state index is 12.4. The van der Waals surface area contributed by atoms with E-state index >= 15 is 0 Å². The number of nitrogens with one attached hydrogen (secondary N) is 3. The van der Waals surface area contributed by atoms with E-state index in [0.29, 0.717) is 12.1 Å². The van der Waals surface area contributed by atoms with Gasteiger partial charge in [0.1, 0.15) is 0 Å². The summed E-state index contributed by atoms with van der Waals surface area (Å²) < 4.78 is 1.88. The molecule has 0 aliphatic carbocycles. The first-order chi connectivity index (χ1) is 13.6. The van der Waals surface area contributed by atoms with Crippen LogP contribution in [-0.4, -0.2) is 36.6 Å². The molecule has 7 heteroatoms. The lowest BCUT2D eigenvalue weighted by Gasteiger charge is -2.19. The highest BCUT2D eigenvalue weighted by Crippen LogP contribution is 2.19. The monoisotopic (exact) mass is 379 g/mol. The van der Waals surface area contributed by atoms with Gasteiger partial charge in [0.05, 0.1) is 5.56 Å². The zero-order chi connectivity index (χ0) is 19.9. The van der Waals surface area contributed by atoms with E-state index in [1.165, 1.54) is 0 Å². The third-order valence-corrected chi connectivity index (χ3v) is 4.58. The second-order valence-corrected chi connectivity index (χ2v) is 6.62. The molecule has 0 aliphatic heterocycles. The van der Waals surface area contributed by atoms with Crippen molar-refractivity contribution in [1.82, 2.24) is 20.7 Å². The third kappa shape index (κ3) is 4.62. The molecule has 7 nitrogen and oxygen atoms in total. The van der Waals surface area contributed by atoms with E-state index < -0.39 is 6.03 Å². The highest BCUT2D eigenvalue weighted by molar-refractivity contribution is 6.07. The fourth-order valence-electron chi connectivity index (χ4n) is 3.08. The molecule has 0 saturated heterocycles. The molecular formula is C21H25N5O2. The zero-order valence-corrected chi connectivity index (χ0v) is 16.1. The molecule has 3 rings (SSSR count). The summed E-state index contributed by atoms with van der Waals surface area (Å²) in [6.45, 7) is 1.32. The van der Waals surface area contributed by atoms with E-state index in [2.05, 4.69) is 21.1 Å². The Labute approximate surface area is 164 Å². The molecule has 0 fully saturated rings. The quantitative estimate of drug-likeness (QED) is 0.455. The number of para-hydroxylation sites is 2. The van der Waals surface area contributed by atoms with Crippen molar-refractivity contribution in [2.24, 2.45) is 7.05 Å². The maximum atomic E-state index is 12.4. The summed E-state index contributed by atoms with van der Waals surface area (Å²) in [5.74, 6) is -0.351. The summed E-state index contributed by atoms with van der Waals surface area (Å²) in [6.07, 6.45) is 2.54. The number of benzene rings is 2. The zero-order valence-electron chi connectivity index (χ0n) is 16.1. The second-order valence-electron chi connectivity index (χ2n) is 6.62. The molecule has 3 N–H and O–H groups in total. The van der Waals surface area contributed by atoms with Crippen molar-refractivity contribution in [2.45, 2.75) is 6.42 Å².